The first-order valence-electron chi connectivity index (χ1n) is 7.54. The van der Waals surface area contributed by atoms with Gasteiger partial charge in [-0.1, -0.05) is 0 Å². The van der Waals surface area contributed by atoms with E-state index in [2.05, 4.69) is 20.2 Å². The number of carbonyl (C=O) groups excluding carboxylic acids is 1. The third kappa shape index (κ3) is 5.18. The maximum atomic E-state index is 13.8. The van der Waals surface area contributed by atoms with Gasteiger partial charge < -0.3 is 20.0 Å². The van der Waals surface area contributed by atoms with Crippen molar-refractivity contribution in [3.8, 4) is 0 Å². The molecular weight excluding hydrogens is 426 g/mol. The summed E-state index contributed by atoms with van der Waals surface area (Å²) < 4.78 is 13.8. The minimum atomic E-state index is -0.306. The lowest BCUT2D eigenvalue weighted by Crippen LogP contribution is -2.54. The molecule has 1 aliphatic rings. The number of pyridine rings is 1. The number of aromatic nitrogens is 1. The summed E-state index contributed by atoms with van der Waals surface area (Å²) in [6, 6.07) is 3.00. The highest BCUT2D eigenvalue weighted by Crippen LogP contribution is 2.17. The van der Waals surface area contributed by atoms with Crippen LogP contribution in [0.3, 0.4) is 0 Å². The number of likely N-dealkylation sites (N-methyl/N-ethyl adjacent to an activating group) is 1. The molecule has 134 valence electrons. The van der Waals surface area contributed by atoms with Gasteiger partial charge in [0, 0.05) is 53.5 Å². The van der Waals surface area contributed by atoms with E-state index in [-0.39, 0.29) is 42.2 Å². The molecule has 0 radical (unpaired) electrons. The molecule has 1 aromatic heterocycles. The van der Waals surface area contributed by atoms with Crippen molar-refractivity contribution in [2.75, 3.05) is 58.8 Å². The van der Waals surface area contributed by atoms with Crippen LogP contribution in [0.25, 0.3) is 0 Å². The summed E-state index contributed by atoms with van der Waals surface area (Å²) in [7, 11) is 5.12. The Morgan fingerprint density at radius 2 is 2.04 bits per heavy atom. The fraction of sp³-hybridized carbons (Fsp3) is 0.533. The van der Waals surface area contributed by atoms with Gasteiger partial charge in [0.2, 0.25) is 5.91 Å². The van der Waals surface area contributed by atoms with E-state index in [0.717, 1.165) is 0 Å². The van der Waals surface area contributed by atoms with Crippen molar-refractivity contribution >= 4 is 41.7 Å². The first-order valence-corrected chi connectivity index (χ1v) is 7.54. The number of nitrogens with zero attached hydrogens (tertiary/aromatic N) is 5. The Morgan fingerprint density at radius 3 is 2.58 bits per heavy atom. The molecule has 24 heavy (non-hydrogen) atoms. The van der Waals surface area contributed by atoms with Crippen LogP contribution in [0.4, 0.5) is 10.2 Å². The molecule has 1 N–H and O–H groups in total. The molecule has 0 aliphatic carbocycles. The number of aliphatic imine (C=N–C) groups is 1. The van der Waals surface area contributed by atoms with Crippen LogP contribution in [0.2, 0.25) is 0 Å². The van der Waals surface area contributed by atoms with Crippen molar-refractivity contribution in [2.24, 2.45) is 4.99 Å². The van der Waals surface area contributed by atoms with Gasteiger partial charge in [-0.3, -0.25) is 9.79 Å². The van der Waals surface area contributed by atoms with E-state index in [1.807, 2.05) is 4.90 Å². The summed E-state index contributed by atoms with van der Waals surface area (Å²) in [5, 5.41) is 3.06. The highest BCUT2D eigenvalue weighted by molar-refractivity contribution is 14.0. The van der Waals surface area contributed by atoms with Crippen molar-refractivity contribution in [1.29, 1.82) is 0 Å². The van der Waals surface area contributed by atoms with Crippen LogP contribution < -0.4 is 10.2 Å². The van der Waals surface area contributed by atoms with Gasteiger partial charge in [-0.15, -0.1) is 24.0 Å². The van der Waals surface area contributed by atoms with Gasteiger partial charge in [-0.2, -0.15) is 0 Å². The van der Waals surface area contributed by atoms with Gasteiger partial charge in [-0.25, -0.2) is 9.37 Å². The van der Waals surface area contributed by atoms with Gasteiger partial charge in [0.25, 0.3) is 0 Å². The Balaban J connectivity index is 0.00000288. The number of hydrogen-bond acceptors (Lipinski definition) is 4. The number of hydrogen-bond donors (Lipinski definition) is 1. The molecule has 2 rings (SSSR count). The second-order valence-corrected chi connectivity index (χ2v) is 5.47. The predicted molar refractivity (Wildman–Crippen MR) is 103 cm³/mol. The smallest absolute Gasteiger partial charge is 0.241 e. The van der Waals surface area contributed by atoms with Gasteiger partial charge in [0.05, 0.1) is 6.54 Å². The van der Waals surface area contributed by atoms with Crippen LogP contribution >= 0.6 is 24.0 Å². The molecule has 1 saturated heterocycles. The molecule has 0 atom stereocenters. The highest BCUT2D eigenvalue weighted by Gasteiger charge is 2.22. The maximum absolute atomic E-state index is 13.8. The van der Waals surface area contributed by atoms with E-state index in [1.165, 1.54) is 11.0 Å². The van der Waals surface area contributed by atoms with Gasteiger partial charge in [0.1, 0.15) is 0 Å². The Kier molecular flexibility index (Phi) is 8.16. The second-order valence-electron chi connectivity index (χ2n) is 5.47. The molecule has 1 fully saturated rings. The van der Waals surface area contributed by atoms with Crippen molar-refractivity contribution in [3.05, 3.63) is 24.1 Å². The lowest BCUT2D eigenvalue weighted by atomic mass is 10.3. The molecule has 1 aliphatic heterocycles. The molecule has 9 heteroatoms. The van der Waals surface area contributed by atoms with Gasteiger partial charge in [-0.05, 0) is 12.1 Å². The van der Waals surface area contributed by atoms with E-state index in [1.54, 1.807) is 33.4 Å². The zero-order valence-corrected chi connectivity index (χ0v) is 16.5. The second kappa shape index (κ2) is 9.60. The lowest BCUT2D eigenvalue weighted by Gasteiger charge is -2.37. The molecule has 0 saturated carbocycles. The summed E-state index contributed by atoms with van der Waals surface area (Å²) in [5.74, 6) is 0.750. The Morgan fingerprint density at radius 1 is 1.38 bits per heavy atom. The van der Waals surface area contributed by atoms with Crippen LogP contribution in [-0.4, -0.2) is 80.5 Å². The van der Waals surface area contributed by atoms with Gasteiger partial charge >= 0.3 is 0 Å². The standard InChI is InChI=1S/C15H23FN6O.HI/c1-17-15(19-11-13(23)20(2)3)22-9-7-21(8-10-22)14-12(16)5-4-6-18-14;/h4-6H,7-11H2,1-3H3,(H,17,19);1H. The molecule has 0 bridgehead atoms. The quantitative estimate of drug-likeness (QED) is 0.416. The minimum Gasteiger partial charge on any atom is -0.351 e. The number of nitrogens with one attached hydrogen (secondary N) is 1. The van der Waals surface area contributed by atoms with Gasteiger partial charge in [0.15, 0.2) is 17.6 Å². The van der Waals surface area contributed by atoms with E-state index in [0.29, 0.717) is 38.0 Å². The number of amides is 1. The van der Waals surface area contributed by atoms with E-state index in [4.69, 9.17) is 0 Å². The summed E-state index contributed by atoms with van der Waals surface area (Å²) in [5.41, 5.74) is 0. The molecule has 1 amide bonds. The van der Waals surface area contributed by atoms with E-state index >= 15 is 0 Å². The summed E-state index contributed by atoms with van der Waals surface area (Å²) in [6.07, 6.45) is 1.60. The van der Waals surface area contributed by atoms with Crippen LogP contribution in [-0.2, 0) is 4.79 Å². The largest absolute Gasteiger partial charge is 0.351 e. The normalized spacial score (nSPS) is 14.9. The summed E-state index contributed by atoms with van der Waals surface area (Å²) in [6.45, 7) is 2.87. The first-order chi connectivity index (χ1) is 11.0. The van der Waals surface area contributed by atoms with Crippen LogP contribution in [0.15, 0.2) is 23.3 Å². The Bertz CT molecular complexity index is 575. The van der Waals surface area contributed by atoms with Crippen molar-refractivity contribution < 1.29 is 9.18 Å². The SMILES string of the molecule is CN=C(NCC(=O)N(C)C)N1CCN(c2ncccc2F)CC1.I. The minimum absolute atomic E-state index is 0. The molecule has 0 aromatic carbocycles. The van der Waals surface area contributed by atoms with Crippen LogP contribution in [0.1, 0.15) is 0 Å². The molecular formula is C15H24FIN6O. The fourth-order valence-corrected chi connectivity index (χ4v) is 2.39. The number of rotatable bonds is 3. The maximum Gasteiger partial charge on any atom is 0.241 e. The zero-order chi connectivity index (χ0) is 16.8. The number of carbonyl (C=O) groups is 1. The Hall–Kier alpha value is -1.65. The first kappa shape index (κ1) is 20.4. The van der Waals surface area contributed by atoms with Crippen molar-refractivity contribution in [1.82, 2.24) is 20.1 Å². The summed E-state index contributed by atoms with van der Waals surface area (Å²) >= 11 is 0. The zero-order valence-electron chi connectivity index (χ0n) is 14.2. The number of piperazine rings is 1. The van der Waals surface area contributed by atoms with Crippen molar-refractivity contribution in [3.63, 3.8) is 0 Å². The average molecular weight is 450 g/mol. The molecule has 1 aromatic rings. The number of anilines is 1. The third-order valence-electron chi connectivity index (χ3n) is 3.73. The van der Waals surface area contributed by atoms with Crippen LogP contribution in [0, 0.1) is 5.82 Å². The monoisotopic (exact) mass is 450 g/mol. The number of halogens is 2. The predicted octanol–water partition coefficient (Wildman–Crippen LogP) is 0.624. The average Bonchev–Trinajstić information content (AvgIpc) is 2.56. The molecule has 0 spiro atoms. The number of guanidine groups is 1. The Labute approximate surface area is 158 Å². The topological polar surface area (TPSA) is 64.1 Å². The van der Waals surface area contributed by atoms with E-state index < -0.39 is 0 Å². The highest BCUT2D eigenvalue weighted by atomic mass is 127. The molecule has 2 heterocycles. The summed E-state index contributed by atoms with van der Waals surface area (Å²) in [4.78, 5) is 25.5. The van der Waals surface area contributed by atoms with E-state index in [9.17, 15) is 9.18 Å². The van der Waals surface area contributed by atoms with Crippen molar-refractivity contribution in [2.45, 2.75) is 0 Å². The van der Waals surface area contributed by atoms with Crippen LogP contribution in [0.5, 0.6) is 0 Å². The lowest BCUT2D eigenvalue weighted by molar-refractivity contribution is -0.127. The third-order valence-corrected chi connectivity index (χ3v) is 3.73. The molecule has 0 unspecified atom stereocenters. The fourth-order valence-electron chi connectivity index (χ4n) is 2.39. The molecule has 7 nitrogen and oxygen atoms in total.